The normalized spacial score (nSPS) is 13.9. The molecule has 0 atom stereocenters. The molecule has 0 radical (unpaired) electrons. The molecule has 4 rings (SSSR count). The van der Waals surface area contributed by atoms with E-state index in [1.807, 2.05) is 53.4 Å². The molecule has 2 heterocycles. The van der Waals surface area contributed by atoms with Crippen LogP contribution in [0.4, 0.5) is 0 Å². The second kappa shape index (κ2) is 9.26. The van der Waals surface area contributed by atoms with Crippen LogP contribution in [0.3, 0.4) is 0 Å². The van der Waals surface area contributed by atoms with Gasteiger partial charge in [0, 0.05) is 51.1 Å². The van der Waals surface area contributed by atoms with E-state index in [2.05, 4.69) is 0 Å². The van der Waals surface area contributed by atoms with Gasteiger partial charge in [-0.05, 0) is 30.2 Å². The molecular formula is C25H27N3O4. The average molecular weight is 434 g/mol. The number of hydrogen-bond acceptors (Lipinski definition) is 4. The van der Waals surface area contributed by atoms with Crippen molar-refractivity contribution < 1.29 is 14.3 Å². The van der Waals surface area contributed by atoms with Crippen LogP contribution in [0.5, 0.6) is 5.75 Å². The summed E-state index contributed by atoms with van der Waals surface area (Å²) in [6.07, 6.45) is 1.10. The van der Waals surface area contributed by atoms with E-state index < -0.39 is 0 Å². The number of methoxy groups -OCH3 is 1. The maximum atomic E-state index is 13.2. The zero-order valence-corrected chi connectivity index (χ0v) is 18.4. The van der Waals surface area contributed by atoms with Crippen LogP contribution in [0, 0.1) is 0 Å². The van der Waals surface area contributed by atoms with E-state index in [0.717, 1.165) is 22.2 Å². The van der Waals surface area contributed by atoms with Crippen LogP contribution in [-0.4, -0.2) is 59.5 Å². The Kier molecular flexibility index (Phi) is 6.25. The molecule has 7 heteroatoms. The van der Waals surface area contributed by atoms with Gasteiger partial charge in [0.2, 0.25) is 5.91 Å². The Labute approximate surface area is 186 Å². The van der Waals surface area contributed by atoms with Crippen molar-refractivity contribution in [2.75, 3.05) is 33.3 Å². The number of fused-ring (bicyclic) bond motifs is 1. The number of aromatic nitrogens is 1. The number of amides is 2. The lowest BCUT2D eigenvalue weighted by molar-refractivity contribution is -0.132. The van der Waals surface area contributed by atoms with Gasteiger partial charge in [-0.3, -0.25) is 14.4 Å². The van der Waals surface area contributed by atoms with E-state index in [1.165, 1.54) is 6.07 Å². The number of carbonyl (C=O) groups is 2. The fourth-order valence-corrected chi connectivity index (χ4v) is 4.12. The molecule has 2 aromatic carbocycles. The number of benzene rings is 2. The fourth-order valence-electron chi connectivity index (χ4n) is 4.12. The van der Waals surface area contributed by atoms with E-state index in [0.29, 0.717) is 44.6 Å². The summed E-state index contributed by atoms with van der Waals surface area (Å²) >= 11 is 0. The van der Waals surface area contributed by atoms with Gasteiger partial charge in [0.1, 0.15) is 5.75 Å². The van der Waals surface area contributed by atoms with E-state index in [-0.39, 0.29) is 17.4 Å². The van der Waals surface area contributed by atoms with E-state index in [4.69, 9.17) is 4.74 Å². The molecule has 0 bridgehead atoms. The number of rotatable bonds is 5. The maximum Gasteiger partial charge on any atom is 0.254 e. The quantitative estimate of drug-likeness (QED) is 0.620. The van der Waals surface area contributed by atoms with Gasteiger partial charge in [0.15, 0.2) is 0 Å². The molecule has 1 aromatic heterocycles. The summed E-state index contributed by atoms with van der Waals surface area (Å²) in [6.45, 7) is 1.90. The smallest absolute Gasteiger partial charge is 0.254 e. The van der Waals surface area contributed by atoms with Crippen molar-refractivity contribution in [2.45, 2.75) is 12.8 Å². The first-order valence-corrected chi connectivity index (χ1v) is 10.8. The maximum absolute atomic E-state index is 13.2. The van der Waals surface area contributed by atoms with Crippen LogP contribution in [0.15, 0.2) is 59.4 Å². The number of para-hydroxylation sites is 1. The molecule has 1 fully saturated rings. The van der Waals surface area contributed by atoms with Crippen molar-refractivity contribution in [1.29, 1.82) is 0 Å². The van der Waals surface area contributed by atoms with Crippen molar-refractivity contribution >= 4 is 22.7 Å². The van der Waals surface area contributed by atoms with E-state index in [9.17, 15) is 14.4 Å². The Morgan fingerprint density at radius 1 is 0.938 bits per heavy atom. The van der Waals surface area contributed by atoms with Crippen molar-refractivity contribution in [3.05, 3.63) is 76.1 Å². The van der Waals surface area contributed by atoms with Gasteiger partial charge in [0.25, 0.3) is 11.5 Å². The molecule has 32 heavy (non-hydrogen) atoms. The SMILES string of the molecule is COc1ccc(CCC(=O)N2CCN(C(=O)c3cc(=O)n(C)c4ccccc34)CC2)cc1. The molecule has 1 aliphatic rings. The number of piperazine rings is 1. The van der Waals surface area contributed by atoms with Gasteiger partial charge in [-0.25, -0.2) is 0 Å². The highest BCUT2D eigenvalue weighted by molar-refractivity contribution is 6.06. The third kappa shape index (κ3) is 4.37. The van der Waals surface area contributed by atoms with Gasteiger partial charge < -0.3 is 19.1 Å². The number of pyridine rings is 1. The minimum atomic E-state index is -0.209. The summed E-state index contributed by atoms with van der Waals surface area (Å²) in [5, 5.41) is 0.762. The van der Waals surface area contributed by atoms with Crippen LogP contribution < -0.4 is 10.3 Å². The molecule has 0 N–H and O–H groups in total. The summed E-state index contributed by atoms with van der Waals surface area (Å²) in [5.41, 5.74) is 2.03. The Morgan fingerprint density at radius 2 is 1.59 bits per heavy atom. The van der Waals surface area contributed by atoms with Gasteiger partial charge >= 0.3 is 0 Å². The first-order chi connectivity index (χ1) is 15.5. The Balaban J connectivity index is 1.38. The third-order valence-corrected chi connectivity index (χ3v) is 6.09. The largest absolute Gasteiger partial charge is 0.497 e. The van der Waals surface area contributed by atoms with Crippen LogP contribution in [0.25, 0.3) is 10.9 Å². The number of nitrogens with zero attached hydrogens (tertiary/aromatic N) is 3. The second-order valence-electron chi connectivity index (χ2n) is 7.99. The molecule has 2 amide bonds. The molecule has 0 spiro atoms. The van der Waals surface area contributed by atoms with Crippen molar-refractivity contribution in [1.82, 2.24) is 14.4 Å². The van der Waals surface area contributed by atoms with Crippen molar-refractivity contribution in [3.8, 4) is 5.75 Å². The Bertz CT molecular complexity index is 1190. The molecule has 3 aromatic rings. The molecule has 0 unspecified atom stereocenters. The van der Waals surface area contributed by atoms with Crippen LogP contribution in [0.2, 0.25) is 0 Å². The molecular weight excluding hydrogens is 406 g/mol. The lowest BCUT2D eigenvalue weighted by Gasteiger charge is -2.35. The number of ether oxygens (including phenoxy) is 1. The summed E-state index contributed by atoms with van der Waals surface area (Å²) in [5.74, 6) is 0.723. The van der Waals surface area contributed by atoms with E-state index >= 15 is 0 Å². The fraction of sp³-hybridized carbons (Fsp3) is 0.320. The topological polar surface area (TPSA) is 71.8 Å². The summed E-state index contributed by atoms with van der Waals surface area (Å²) in [7, 11) is 3.33. The minimum absolute atomic E-state index is 0.0898. The van der Waals surface area contributed by atoms with Crippen molar-refractivity contribution in [2.24, 2.45) is 7.05 Å². The highest BCUT2D eigenvalue weighted by Crippen LogP contribution is 2.19. The van der Waals surface area contributed by atoms with Gasteiger partial charge in [-0.1, -0.05) is 30.3 Å². The second-order valence-corrected chi connectivity index (χ2v) is 7.99. The number of aryl methyl sites for hydroxylation is 2. The molecule has 1 saturated heterocycles. The lowest BCUT2D eigenvalue weighted by atomic mass is 10.1. The van der Waals surface area contributed by atoms with Gasteiger partial charge in [0.05, 0.1) is 18.2 Å². The van der Waals surface area contributed by atoms with Crippen molar-refractivity contribution in [3.63, 3.8) is 0 Å². The summed E-state index contributed by atoms with van der Waals surface area (Å²) in [6, 6.07) is 16.6. The van der Waals surface area contributed by atoms with E-state index in [1.54, 1.807) is 23.6 Å². The lowest BCUT2D eigenvalue weighted by Crippen LogP contribution is -2.50. The predicted octanol–water partition coefficient (Wildman–Crippen LogP) is 2.46. The van der Waals surface area contributed by atoms with Gasteiger partial charge in [-0.15, -0.1) is 0 Å². The first-order valence-electron chi connectivity index (χ1n) is 10.8. The predicted molar refractivity (Wildman–Crippen MR) is 123 cm³/mol. The molecule has 166 valence electrons. The number of carbonyl (C=O) groups excluding carboxylic acids is 2. The summed E-state index contributed by atoms with van der Waals surface area (Å²) in [4.78, 5) is 41.7. The standard InChI is InChI=1S/C25H27N3O4/c1-26-22-6-4-3-5-20(22)21(17-24(26)30)25(31)28-15-13-27(14-16-28)23(29)12-9-18-7-10-19(32-2)11-8-18/h3-8,10-11,17H,9,12-16H2,1-2H3. The molecule has 0 saturated carbocycles. The highest BCUT2D eigenvalue weighted by atomic mass is 16.5. The first kappa shape index (κ1) is 21.6. The molecule has 7 nitrogen and oxygen atoms in total. The van der Waals surface area contributed by atoms with Crippen LogP contribution in [-0.2, 0) is 18.3 Å². The van der Waals surface area contributed by atoms with Crippen LogP contribution in [0.1, 0.15) is 22.3 Å². The molecule has 1 aliphatic heterocycles. The van der Waals surface area contributed by atoms with Gasteiger partial charge in [-0.2, -0.15) is 0 Å². The monoisotopic (exact) mass is 433 g/mol. The number of hydrogen-bond donors (Lipinski definition) is 0. The molecule has 0 aliphatic carbocycles. The zero-order valence-electron chi connectivity index (χ0n) is 18.4. The average Bonchev–Trinajstić information content (AvgIpc) is 2.84. The van der Waals surface area contributed by atoms with Crippen LogP contribution >= 0.6 is 0 Å². The highest BCUT2D eigenvalue weighted by Gasteiger charge is 2.26. The zero-order chi connectivity index (χ0) is 22.7. The summed E-state index contributed by atoms with van der Waals surface area (Å²) < 4.78 is 6.71. The Hall–Kier alpha value is -3.61. The minimum Gasteiger partial charge on any atom is -0.497 e. The third-order valence-electron chi connectivity index (χ3n) is 6.09. The Morgan fingerprint density at radius 3 is 2.28 bits per heavy atom.